The van der Waals surface area contributed by atoms with E-state index in [2.05, 4.69) is 21.0 Å². The lowest BCUT2D eigenvalue weighted by molar-refractivity contribution is 1.02. The Morgan fingerprint density at radius 2 is 1.90 bits per heavy atom. The molecule has 0 amide bonds. The summed E-state index contributed by atoms with van der Waals surface area (Å²) in [7, 11) is 0. The predicted octanol–water partition coefficient (Wildman–Crippen LogP) is 4.81. The molecule has 0 unspecified atom stereocenters. The van der Waals surface area contributed by atoms with Crippen molar-refractivity contribution in [2.45, 2.75) is 6.54 Å². The Labute approximate surface area is 127 Å². The number of thiophene rings is 1. The van der Waals surface area contributed by atoms with E-state index in [4.69, 9.17) is 11.6 Å². The molecule has 20 heavy (non-hydrogen) atoms. The average molecular weight is 301 g/mol. The summed E-state index contributed by atoms with van der Waals surface area (Å²) in [5, 5.41) is 2.82. The molecule has 2 aromatic heterocycles. The molecule has 0 radical (unpaired) electrons. The van der Waals surface area contributed by atoms with Crippen LogP contribution < -0.4 is 0 Å². The second kappa shape index (κ2) is 6.07. The number of benzene rings is 1. The van der Waals surface area contributed by atoms with Crippen LogP contribution in [-0.2, 0) is 6.54 Å². The van der Waals surface area contributed by atoms with Gasteiger partial charge in [-0.2, -0.15) is 0 Å². The third-order valence-corrected chi connectivity index (χ3v) is 4.21. The van der Waals surface area contributed by atoms with E-state index in [9.17, 15) is 0 Å². The van der Waals surface area contributed by atoms with Crippen molar-refractivity contribution in [1.82, 2.24) is 4.57 Å². The number of aliphatic imine (C=N–C) groups is 1. The zero-order valence-electron chi connectivity index (χ0n) is 10.7. The smallest absolute Gasteiger partial charge is 0.0753 e. The van der Waals surface area contributed by atoms with Gasteiger partial charge in [-0.3, -0.25) is 4.99 Å². The van der Waals surface area contributed by atoms with E-state index in [1.165, 1.54) is 10.6 Å². The highest BCUT2D eigenvalue weighted by Gasteiger charge is 2.04. The highest BCUT2D eigenvalue weighted by atomic mass is 35.5. The van der Waals surface area contributed by atoms with E-state index in [1.54, 1.807) is 11.3 Å². The lowest BCUT2D eigenvalue weighted by Gasteiger charge is -2.02. The summed E-state index contributed by atoms with van der Waals surface area (Å²) in [6, 6.07) is 13.9. The van der Waals surface area contributed by atoms with Crippen molar-refractivity contribution in [1.29, 1.82) is 0 Å². The van der Waals surface area contributed by atoms with Gasteiger partial charge in [0.05, 0.1) is 12.2 Å². The van der Waals surface area contributed by atoms with Crippen molar-refractivity contribution < 1.29 is 0 Å². The van der Waals surface area contributed by atoms with Crippen LogP contribution in [0.4, 0.5) is 0 Å². The first-order chi connectivity index (χ1) is 9.84. The van der Waals surface area contributed by atoms with Crippen LogP contribution in [0.15, 0.2) is 65.2 Å². The summed E-state index contributed by atoms with van der Waals surface area (Å²) >= 11 is 7.82. The average Bonchev–Trinajstić information content (AvgIpc) is 3.11. The molecular weight excluding hydrogens is 288 g/mol. The molecule has 0 spiro atoms. The first-order valence-corrected chi connectivity index (χ1v) is 7.54. The van der Waals surface area contributed by atoms with Gasteiger partial charge in [0.1, 0.15) is 0 Å². The maximum atomic E-state index is 6.10. The van der Waals surface area contributed by atoms with Gasteiger partial charge in [-0.25, -0.2) is 0 Å². The van der Waals surface area contributed by atoms with E-state index in [0.29, 0.717) is 6.54 Å². The predicted molar refractivity (Wildman–Crippen MR) is 86.4 cm³/mol. The van der Waals surface area contributed by atoms with Crippen molar-refractivity contribution in [2.75, 3.05) is 0 Å². The SMILES string of the molecule is Clc1ccccc1C=NCc1sccc1-n1cccc1. The van der Waals surface area contributed by atoms with Gasteiger partial charge in [0.2, 0.25) is 0 Å². The molecule has 0 atom stereocenters. The normalized spacial score (nSPS) is 11.2. The molecule has 0 N–H and O–H groups in total. The first-order valence-electron chi connectivity index (χ1n) is 6.28. The van der Waals surface area contributed by atoms with E-state index >= 15 is 0 Å². The standard InChI is InChI=1S/C16H13ClN2S/c17-14-6-2-1-5-13(14)11-18-12-16-15(7-10-20-16)19-8-3-4-9-19/h1-11H,12H2. The minimum Gasteiger partial charge on any atom is -0.323 e. The fourth-order valence-corrected chi connectivity index (χ4v) is 2.97. The Balaban J connectivity index is 1.77. The minimum absolute atomic E-state index is 0.663. The summed E-state index contributed by atoms with van der Waals surface area (Å²) in [4.78, 5) is 5.74. The van der Waals surface area contributed by atoms with Crippen LogP contribution in [0.25, 0.3) is 5.69 Å². The molecule has 0 saturated heterocycles. The van der Waals surface area contributed by atoms with Crippen LogP contribution >= 0.6 is 22.9 Å². The zero-order valence-corrected chi connectivity index (χ0v) is 12.3. The Kier molecular flexibility index (Phi) is 4.00. The number of hydrogen-bond acceptors (Lipinski definition) is 2. The molecule has 2 heterocycles. The van der Waals surface area contributed by atoms with Crippen LogP contribution in [-0.4, -0.2) is 10.8 Å². The van der Waals surface area contributed by atoms with Gasteiger partial charge < -0.3 is 4.57 Å². The molecule has 0 bridgehead atoms. The van der Waals surface area contributed by atoms with Crippen molar-refractivity contribution >= 4 is 29.2 Å². The van der Waals surface area contributed by atoms with Gasteiger partial charge in [-0.1, -0.05) is 29.8 Å². The third-order valence-electron chi connectivity index (χ3n) is 2.98. The number of hydrogen-bond donors (Lipinski definition) is 0. The Morgan fingerprint density at radius 3 is 2.70 bits per heavy atom. The van der Waals surface area contributed by atoms with Crippen molar-refractivity contribution in [3.63, 3.8) is 0 Å². The highest BCUT2D eigenvalue weighted by Crippen LogP contribution is 2.22. The molecule has 0 saturated carbocycles. The minimum atomic E-state index is 0.663. The molecule has 100 valence electrons. The van der Waals surface area contributed by atoms with Crippen molar-refractivity contribution in [3.05, 3.63) is 75.7 Å². The summed E-state index contributed by atoms with van der Waals surface area (Å²) in [5.74, 6) is 0. The maximum Gasteiger partial charge on any atom is 0.0753 e. The quantitative estimate of drug-likeness (QED) is 0.615. The third kappa shape index (κ3) is 2.84. The summed E-state index contributed by atoms with van der Waals surface area (Å²) in [6.07, 6.45) is 5.92. The molecule has 3 aromatic rings. The molecule has 0 aliphatic carbocycles. The molecule has 3 rings (SSSR count). The molecule has 0 aliphatic heterocycles. The fraction of sp³-hybridized carbons (Fsp3) is 0.0625. The second-order valence-electron chi connectivity index (χ2n) is 4.31. The number of nitrogens with zero attached hydrogens (tertiary/aromatic N) is 2. The van der Waals surface area contributed by atoms with E-state index in [0.717, 1.165) is 10.6 Å². The fourth-order valence-electron chi connectivity index (χ4n) is 1.98. The zero-order chi connectivity index (χ0) is 13.8. The monoisotopic (exact) mass is 300 g/mol. The molecule has 2 nitrogen and oxygen atoms in total. The van der Waals surface area contributed by atoms with Gasteiger partial charge in [0.25, 0.3) is 0 Å². The summed E-state index contributed by atoms with van der Waals surface area (Å²) in [6.45, 7) is 0.663. The molecular formula is C16H13ClN2S. The molecule has 1 aromatic carbocycles. The maximum absolute atomic E-state index is 6.10. The largest absolute Gasteiger partial charge is 0.323 e. The number of aromatic nitrogens is 1. The molecule has 0 fully saturated rings. The highest BCUT2D eigenvalue weighted by molar-refractivity contribution is 7.10. The van der Waals surface area contributed by atoms with Crippen LogP contribution in [0, 0.1) is 0 Å². The van der Waals surface area contributed by atoms with Gasteiger partial charge in [0.15, 0.2) is 0 Å². The molecule has 0 aliphatic rings. The Morgan fingerprint density at radius 1 is 1.10 bits per heavy atom. The van der Waals surface area contributed by atoms with Crippen LogP contribution in [0.2, 0.25) is 5.02 Å². The first kappa shape index (κ1) is 13.2. The van der Waals surface area contributed by atoms with E-state index in [1.807, 2.05) is 55.0 Å². The van der Waals surface area contributed by atoms with E-state index < -0.39 is 0 Å². The Hall–Kier alpha value is -1.84. The van der Waals surface area contributed by atoms with Gasteiger partial charge in [0, 0.05) is 34.1 Å². The van der Waals surface area contributed by atoms with Crippen molar-refractivity contribution in [2.24, 2.45) is 4.99 Å². The van der Waals surface area contributed by atoms with E-state index in [-0.39, 0.29) is 0 Å². The lowest BCUT2D eigenvalue weighted by atomic mass is 10.2. The number of rotatable bonds is 4. The van der Waals surface area contributed by atoms with Gasteiger partial charge >= 0.3 is 0 Å². The molecule has 4 heteroatoms. The lowest BCUT2D eigenvalue weighted by Crippen LogP contribution is -1.92. The van der Waals surface area contributed by atoms with Gasteiger partial charge in [-0.05, 0) is 29.6 Å². The summed E-state index contributed by atoms with van der Waals surface area (Å²) < 4.78 is 2.11. The second-order valence-corrected chi connectivity index (χ2v) is 5.72. The number of halogens is 1. The van der Waals surface area contributed by atoms with Crippen molar-refractivity contribution in [3.8, 4) is 5.69 Å². The Bertz CT molecular complexity index is 714. The van der Waals surface area contributed by atoms with Crippen LogP contribution in [0.3, 0.4) is 0 Å². The van der Waals surface area contributed by atoms with Crippen LogP contribution in [0.5, 0.6) is 0 Å². The van der Waals surface area contributed by atoms with Crippen LogP contribution in [0.1, 0.15) is 10.4 Å². The van der Waals surface area contributed by atoms with Gasteiger partial charge in [-0.15, -0.1) is 11.3 Å². The summed E-state index contributed by atoms with van der Waals surface area (Å²) in [5.41, 5.74) is 2.14. The topological polar surface area (TPSA) is 17.3 Å².